The molecule has 156 valence electrons. The highest BCUT2D eigenvalue weighted by Gasteiger charge is 2.20. The molecule has 0 aliphatic carbocycles. The van der Waals surface area contributed by atoms with Gasteiger partial charge in [-0.15, -0.1) is 0 Å². The standard InChI is InChI=1S/C22H29N3O3S/c1-4-25(5-2)29(27,28)21-14-11-19(12-15-21)13-16-22(26)23-17-18-24(3)20-9-7-6-8-10-20/h6-16H,4-5,17-18H2,1-3H3,(H,23,26)/b16-13+. The lowest BCUT2D eigenvalue weighted by atomic mass is 10.2. The average molecular weight is 416 g/mol. The van der Waals surface area contributed by atoms with Gasteiger partial charge in [0.15, 0.2) is 0 Å². The highest BCUT2D eigenvalue weighted by atomic mass is 32.2. The first kappa shape index (κ1) is 22.6. The van der Waals surface area contributed by atoms with E-state index in [2.05, 4.69) is 10.2 Å². The van der Waals surface area contributed by atoms with Gasteiger partial charge in [0.1, 0.15) is 0 Å². The van der Waals surface area contributed by atoms with Crippen LogP contribution in [-0.4, -0.2) is 51.9 Å². The van der Waals surface area contributed by atoms with Crippen molar-refractivity contribution in [2.45, 2.75) is 18.7 Å². The van der Waals surface area contributed by atoms with Gasteiger partial charge in [0.25, 0.3) is 0 Å². The molecule has 7 heteroatoms. The molecule has 1 amide bonds. The number of benzene rings is 2. The monoisotopic (exact) mass is 415 g/mol. The highest BCUT2D eigenvalue weighted by molar-refractivity contribution is 7.89. The molecule has 0 saturated heterocycles. The molecule has 29 heavy (non-hydrogen) atoms. The van der Waals surface area contributed by atoms with Crippen molar-refractivity contribution in [2.24, 2.45) is 0 Å². The summed E-state index contributed by atoms with van der Waals surface area (Å²) in [6.07, 6.45) is 3.13. The van der Waals surface area contributed by atoms with Gasteiger partial charge in [0, 0.05) is 45.0 Å². The third-order valence-corrected chi connectivity index (χ3v) is 6.66. The van der Waals surface area contributed by atoms with Crippen LogP contribution < -0.4 is 10.2 Å². The van der Waals surface area contributed by atoms with Crippen LogP contribution in [0.3, 0.4) is 0 Å². The maximum Gasteiger partial charge on any atom is 0.244 e. The minimum absolute atomic E-state index is 0.189. The summed E-state index contributed by atoms with van der Waals surface area (Å²) in [7, 11) is -1.49. The van der Waals surface area contributed by atoms with E-state index in [9.17, 15) is 13.2 Å². The highest BCUT2D eigenvalue weighted by Crippen LogP contribution is 2.16. The molecule has 0 radical (unpaired) electrons. The number of likely N-dealkylation sites (N-methyl/N-ethyl adjacent to an activating group) is 1. The van der Waals surface area contributed by atoms with Gasteiger partial charge in [-0.05, 0) is 35.9 Å². The average Bonchev–Trinajstić information content (AvgIpc) is 2.73. The number of sulfonamides is 1. The van der Waals surface area contributed by atoms with Gasteiger partial charge in [0.2, 0.25) is 15.9 Å². The Kier molecular flexibility index (Phi) is 8.42. The van der Waals surface area contributed by atoms with Gasteiger partial charge in [-0.2, -0.15) is 4.31 Å². The number of nitrogens with zero attached hydrogens (tertiary/aromatic N) is 2. The summed E-state index contributed by atoms with van der Waals surface area (Å²) >= 11 is 0. The predicted octanol–water partition coefficient (Wildman–Crippen LogP) is 2.98. The Bertz CT molecular complexity index is 906. The van der Waals surface area contributed by atoms with Gasteiger partial charge in [-0.3, -0.25) is 4.79 Å². The number of hydrogen-bond acceptors (Lipinski definition) is 4. The second kappa shape index (κ2) is 10.8. The van der Waals surface area contributed by atoms with Crippen LogP contribution in [0.15, 0.2) is 65.6 Å². The van der Waals surface area contributed by atoms with Gasteiger partial charge >= 0.3 is 0 Å². The molecule has 0 spiro atoms. The van der Waals surface area contributed by atoms with Crippen LogP contribution in [0.1, 0.15) is 19.4 Å². The maximum absolute atomic E-state index is 12.5. The van der Waals surface area contributed by atoms with Crippen molar-refractivity contribution in [1.82, 2.24) is 9.62 Å². The molecule has 2 rings (SSSR count). The van der Waals surface area contributed by atoms with Gasteiger partial charge in [0.05, 0.1) is 4.90 Å². The smallest absolute Gasteiger partial charge is 0.244 e. The fourth-order valence-electron chi connectivity index (χ4n) is 2.85. The fourth-order valence-corrected chi connectivity index (χ4v) is 4.31. The number of carbonyl (C=O) groups is 1. The first-order chi connectivity index (χ1) is 13.9. The van der Waals surface area contributed by atoms with Gasteiger partial charge in [-0.1, -0.05) is 44.2 Å². The molecule has 0 aliphatic heterocycles. The molecule has 1 N–H and O–H groups in total. The van der Waals surface area contributed by atoms with Crippen LogP contribution in [0.4, 0.5) is 5.69 Å². The molecule has 0 saturated carbocycles. The summed E-state index contributed by atoms with van der Waals surface area (Å²) < 4.78 is 26.4. The summed E-state index contributed by atoms with van der Waals surface area (Å²) in [5, 5.41) is 2.85. The largest absolute Gasteiger partial charge is 0.373 e. The first-order valence-corrected chi connectivity index (χ1v) is 11.1. The minimum Gasteiger partial charge on any atom is -0.373 e. The molecule has 6 nitrogen and oxygen atoms in total. The number of hydrogen-bond donors (Lipinski definition) is 1. The molecule has 0 unspecified atom stereocenters. The van der Waals surface area contributed by atoms with E-state index in [0.717, 1.165) is 11.3 Å². The van der Waals surface area contributed by atoms with Crippen LogP contribution in [0.2, 0.25) is 0 Å². The van der Waals surface area contributed by atoms with E-state index in [1.54, 1.807) is 30.3 Å². The van der Waals surface area contributed by atoms with Crippen molar-refractivity contribution in [2.75, 3.05) is 38.1 Å². The maximum atomic E-state index is 12.5. The molecule has 0 atom stereocenters. The number of carbonyl (C=O) groups excluding carboxylic acids is 1. The van der Waals surface area contributed by atoms with E-state index in [1.165, 1.54) is 10.4 Å². The van der Waals surface area contributed by atoms with Gasteiger partial charge in [-0.25, -0.2) is 8.42 Å². The first-order valence-electron chi connectivity index (χ1n) is 9.70. The summed E-state index contributed by atoms with van der Waals surface area (Å²) in [6.45, 7) is 5.71. The van der Waals surface area contributed by atoms with Crippen molar-refractivity contribution in [3.8, 4) is 0 Å². The number of rotatable bonds is 10. The molecule has 0 aromatic heterocycles. The second-order valence-corrected chi connectivity index (χ2v) is 8.48. The van der Waals surface area contributed by atoms with E-state index in [0.29, 0.717) is 26.2 Å². The fraction of sp³-hybridized carbons (Fsp3) is 0.318. The van der Waals surface area contributed by atoms with E-state index in [4.69, 9.17) is 0 Å². The van der Waals surface area contributed by atoms with E-state index in [-0.39, 0.29) is 10.8 Å². The van der Waals surface area contributed by atoms with Gasteiger partial charge < -0.3 is 10.2 Å². The molecule has 0 bridgehead atoms. The Morgan fingerprint density at radius 2 is 1.62 bits per heavy atom. The lowest BCUT2D eigenvalue weighted by Gasteiger charge is -2.19. The molecular weight excluding hydrogens is 386 g/mol. The Balaban J connectivity index is 1.87. The summed E-state index contributed by atoms with van der Waals surface area (Å²) in [5.74, 6) is -0.189. The van der Waals surface area contributed by atoms with Crippen LogP contribution in [-0.2, 0) is 14.8 Å². The topological polar surface area (TPSA) is 69.7 Å². The second-order valence-electron chi connectivity index (χ2n) is 6.54. The third kappa shape index (κ3) is 6.44. The Morgan fingerprint density at radius 1 is 1.00 bits per heavy atom. The van der Waals surface area contributed by atoms with Crippen LogP contribution in [0.5, 0.6) is 0 Å². The number of amides is 1. The summed E-state index contributed by atoms with van der Waals surface area (Å²) in [5.41, 5.74) is 1.86. The van der Waals surface area contributed by atoms with E-state index in [1.807, 2.05) is 51.2 Å². The van der Waals surface area contributed by atoms with Crippen molar-refractivity contribution < 1.29 is 13.2 Å². The molecule has 0 aliphatic rings. The van der Waals surface area contributed by atoms with Crippen molar-refractivity contribution in [1.29, 1.82) is 0 Å². The van der Waals surface area contributed by atoms with Crippen molar-refractivity contribution >= 4 is 27.7 Å². The summed E-state index contributed by atoms with van der Waals surface area (Å²) in [6, 6.07) is 16.5. The minimum atomic E-state index is -3.47. The Labute approximate surface area is 173 Å². The third-order valence-electron chi connectivity index (χ3n) is 4.59. The van der Waals surface area contributed by atoms with E-state index >= 15 is 0 Å². The number of para-hydroxylation sites is 1. The zero-order valence-electron chi connectivity index (χ0n) is 17.2. The van der Waals surface area contributed by atoms with Crippen LogP contribution in [0, 0.1) is 0 Å². The molecule has 2 aromatic rings. The lowest BCUT2D eigenvalue weighted by molar-refractivity contribution is -0.116. The zero-order chi connectivity index (χ0) is 21.3. The lowest BCUT2D eigenvalue weighted by Crippen LogP contribution is -2.31. The van der Waals surface area contributed by atoms with Crippen molar-refractivity contribution in [3.63, 3.8) is 0 Å². The van der Waals surface area contributed by atoms with Crippen LogP contribution >= 0.6 is 0 Å². The van der Waals surface area contributed by atoms with Crippen LogP contribution in [0.25, 0.3) is 6.08 Å². The molecule has 0 heterocycles. The Morgan fingerprint density at radius 3 is 2.21 bits per heavy atom. The zero-order valence-corrected chi connectivity index (χ0v) is 18.0. The number of nitrogens with one attached hydrogen (secondary N) is 1. The number of anilines is 1. The molecule has 2 aromatic carbocycles. The predicted molar refractivity (Wildman–Crippen MR) is 118 cm³/mol. The molecule has 0 fully saturated rings. The molecular formula is C22H29N3O3S. The van der Waals surface area contributed by atoms with Crippen molar-refractivity contribution in [3.05, 3.63) is 66.2 Å². The Hall–Kier alpha value is -2.64. The SMILES string of the molecule is CCN(CC)S(=O)(=O)c1ccc(/C=C/C(=O)NCCN(C)c2ccccc2)cc1. The van der Waals surface area contributed by atoms with E-state index < -0.39 is 10.0 Å². The summed E-state index contributed by atoms with van der Waals surface area (Å²) in [4.78, 5) is 14.3. The quantitative estimate of drug-likeness (QED) is 0.606. The normalized spacial score (nSPS) is 11.7.